The first-order chi connectivity index (χ1) is 12.9. The SMILES string of the molecule is CN(c1nccn2cnnc12)C1CCN(c2ccccc2C(F)(F)F)CC1. The highest BCUT2D eigenvalue weighted by Gasteiger charge is 2.35. The summed E-state index contributed by atoms with van der Waals surface area (Å²) in [6, 6.07) is 5.94. The second-order valence-corrected chi connectivity index (χ2v) is 6.66. The summed E-state index contributed by atoms with van der Waals surface area (Å²) in [6.45, 7) is 1.11. The Hall–Kier alpha value is -2.84. The summed E-state index contributed by atoms with van der Waals surface area (Å²) >= 11 is 0. The van der Waals surface area contributed by atoms with E-state index < -0.39 is 11.7 Å². The molecule has 0 unspecified atom stereocenters. The Morgan fingerprint density at radius 2 is 1.89 bits per heavy atom. The fourth-order valence-corrected chi connectivity index (χ4v) is 3.65. The van der Waals surface area contributed by atoms with Crippen molar-refractivity contribution in [1.29, 1.82) is 0 Å². The van der Waals surface area contributed by atoms with Gasteiger partial charge in [0.25, 0.3) is 0 Å². The summed E-state index contributed by atoms with van der Waals surface area (Å²) in [5, 5.41) is 8.01. The van der Waals surface area contributed by atoms with Gasteiger partial charge in [0.2, 0.25) is 5.65 Å². The molecule has 27 heavy (non-hydrogen) atoms. The molecule has 1 aromatic carbocycles. The molecule has 3 aromatic rings. The van der Waals surface area contributed by atoms with E-state index in [4.69, 9.17) is 0 Å². The lowest BCUT2D eigenvalue weighted by atomic mass is 10.0. The molecule has 9 heteroatoms. The molecule has 0 aliphatic carbocycles. The number of anilines is 2. The van der Waals surface area contributed by atoms with Gasteiger partial charge in [-0.25, -0.2) is 4.98 Å². The Morgan fingerprint density at radius 3 is 2.63 bits per heavy atom. The zero-order chi connectivity index (χ0) is 19.0. The van der Waals surface area contributed by atoms with Crippen molar-refractivity contribution in [2.45, 2.75) is 25.1 Å². The number of rotatable bonds is 3. The number of fused-ring (bicyclic) bond motifs is 1. The number of para-hydroxylation sites is 1. The second kappa shape index (κ2) is 6.71. The molecular weight excluding hydrogens is 357 g/mol. The van der Waals surface area contributed by atoms with Crippen LogP contribution in [-0.2, 0) is 6.18 Å². The van der Waals surface area contributed by atoms with Crippen LogP contribution in [0.4, 0.5) is 24.7 Å². The van der Waals surface area contributed by atoms with Crippen molar-refractivity contribution in [2.24, 2.45) is 0 Å². The summed E-state index contributed by atoms with van der Waals surface area (Å²) in [6.07, 6.45) is 2.21. The van der Waals surface area contributed by atoms with E-state index >= 15 is 0 Å². The van der Waals surface area contributed by atoms with E-state index in [0.29, 0.717) is 18.7 Å². The van der Waals surface area contributed by atoms with Gasteiger partial charge in [0.1, 0.15) is 6.33 Å². The first-order valence-electron chi connectivity index (χ1n) is 8.73. The van der Waals surface area contributed by atoms with Crippen LogP contribution in [0.3, 0.4) is 0 Å². The maximum atomic E-state index is 13.3. The zero-order valence-corrected chi connectivity index (χ0v) is 14.8. The van der Waals surface area contributed by atoms with Crippen molar-refractivity contribution in [3.05, 3.63) is 48.5 Å². The molecule has 0 saturated carbocycles. The molecular formula is C18H19F3N6. The third-order valence-corrected chi connectivity index (χ3v) is 5.09. The molecule has 4 rings (SSSR count). The largest absolute Gasteiger partial charge is 0.418 e. The second-order valence-electron chi connectivity index (χ2n) is 6.66. The van der Waals surface area contributed by atoms with Gasteiger partial charge in [-0.15, -0.1) is 10.2 Å². The minimum absolute atomic E-state index is 0.176. The van der Waals surface area contributed by atoms with Gasteiger partial charge in [-0.2, -0.15) is 13.2 Å². The molecule has 1 saturated heterocycles. The predicted molar refractivity (Wildman–Crippen MR) is 95.9 cm³/mol. The molecule has 0 bridgehead atoms. The van der Waals surface area contributed by atoms with Crippen LogP contribution in [0.25, 0.3) is 5.65 Å². The van der Waals surface area contributed by atoms with Crippen LogP contribution in [0, 0.1) is 0 Å². The quantitative estimate of drug-likeness (QED) is 0.702. The van der Waals surface area contributed by atoms with E-state index in [-0.39, 0.29) is 11.7 Å². The molecule has 0 amide bonds. The topological polar surface area (TPSA) is 49.6 Å². The Bertz CT molecular complexity index is 930. The normalized spacial score (nSPS) is 16.1. The van der Waals surface area contributed by atoms with Gasteiger partial charge in [0, 0.05) is 44.3 Å². The fourth-order valence-electron chi connectivity index (χ4n) is 3.65. The fraction of sp³-hybridized carbons (Fsp3) is 0.389. The van der Waals surface area contributed by atoms with Crippen molar-refractivity contribution in [3.8, 4) is 0 Å². The summed E-state index contributed by atoms with van der Waals surface area (Å²) < 4.78 is 41.7. The van der Waals surface area contributed by atoms with E-state index in [1.54, 1.807) is 35.3 Å². The molecule has 6 nitrogen and oxygen atoms in total. The average molecular weight is 376 g/mol. The number of halogens is 3. The number of aromatic nitrogens is 4. The third kappa shape index (κ3) is 3.29. The monoisotopic (exact) mass is 376 g/mol. The number of hydrogen-bond acceptors (Lipinski definition) is 5. The minimum Gasteiger partial charge on any atom is -0.371 e. The lowest BCUT2D eigenvalue weighted by molar-refractivity contribution is -0.137. The molecule has 1 fully saturated rings. The van der Waals surface area contributed by atoms with Crippen LogP contribution < -0.4 is 9.80 Å². The number of benzene rings is 1. The number of nitrogens with zero attached hydrogens (tertiary/aromatic N) is 6. The Balaban J connectivity index is 1.51. The van der Waals surface area contributed by atoms with E-state index in [0.717, 1.165) is 24.7 Å². The third-order valence-electron chi connectivity index (χ3n) is 5.09. The molecule has 0 atom stereocenters. The van der Waals surface area contributed by atoms with E-state index in [9.17, 15) is 13.2 Å². The van der Waals surface area contributed by atoms with Crippen molar-refractivity contribution >= 4 is 17.2 Å². The van der Waals surface area contributed by atoms with Gasteiger partial charge >= 0.3 is 6.18 Å². The molecule has 0 radical (unpaired) electrons. The molecule has 1 aliphatic rings. The van der Waals surface area contributed by atoms with Crippen LogP contribution in [0.15, 0.2) is 43.0 Å². The van der Waals surface area contributed by atoms with Gasteiger partial charge in [-0.05, 0) is 25.0 Å². The van der Waals surface area contributed by atoms with Crippen molar-refractivity contribution in [2.75, 3.05) is 29.9 Å². The first kappa shape index (κ1) is 17.6. The first-order valence-corrected chi connectivity index (χ1v) is 8.73. The molecule has 0 spiro atoms. The highest BCUT2D eigenvalue weighted by molar-refractivity contribution is 5.63. The van der Waals surface area contributed by atoms with Crippen LogP contribution >= 0.6 is 0 Å². The lowest BCUT2D eigenvalue weighted by Gasteiger charge is -2.39. The molecule has 142 valence electrons. The minimum atomic E-state index is -4.35. The zero-order valence-electron chi connectivity index (χ0n) is 14.8. The lowest BCUT2D eigenvalue weighted by Crippen LogP contribution is -2.44. The Morgan fingerprint density at radius 1 is 1.15 bits per heavy atom. The van der Waals surface area contributed by atoms with Crippen LogP contribution in [-0.4, -0.2) is 45.8 Å². The van der Waals surface area contributed by atoms with E-state index in [1.165, 1.54) is 6.07 Å². The smallest absolute Gasteiger partial charge is 0.371 e. The van der Waals surface area contributed by atoms with Crippen LogP contribution in [0.5, 0.6) is 0 Å². The number of hydrogen-bond donors (Lipinski definition) is 0. The van der Waals surface area contributed by atoms with Gasteiger partial charge in [0.05, 0.1) is 5.56 Å². The summed E-state index contributed by atoms with van der Waals surface area (Å²) in [4.78, 5) is 8.29. The Labute approximate surface area is 154 Å². The van der Waals surface area contributed by atoms with E-state index in [2.05, 4.69) is 20.1 Å². The highest BCUT2D eigenvalue weighted by atomic mass is 19.4. The van der Waals surface area contributed by atoms with E-state index in [1.807, 2.05) is 11.9 Å². The highest BCUT2D eigenvalue weighted by Crippen LogP contribution is 2.37. The van der Waals surface area contributed by atoms with Crippen molar-refractivity contribution in [3.63, 3.8) is 0 Å². The van der Waals surface area contributed by atoms with Crippen molar-refractivity contribution in [1.82, 2.24) is 19.6 Å². The van der Waals surface area contributed by atoms with Crippen LogP contribution in [0.1, 0.15) is 18.4 Å². The predicted octanol–water partition coefficient (Wildman–Crippen LogP) is 3.25. The van der Waals surface area contributed by atoms with Gasteiger partial charge < -0.3 is 9.80 Å². The van der Waals surface area contributed by atoms with Gasteiger partial charge in [-0.1, -0.05) is 12.1 Å². The molecule has 3 heterocycles. The summed E-state index contributed by atoms with van der Waals surface area (Å²) in [7, 11) is 1.95. The maximum Gasteiger partial charge on any atom is 0.418 e. The van der Waals surface area contributed by atoms with Crippen LogP contribution in [0.2, 0.25) is 0 Å². The van der Waals surface area contributed by atoms with Gasteiger partial charge in [0.15, 0.2) is 5.82 Å². The Kier molecular flexibility index (Phi) is 4.37. The maximum absolute atomic E-state index is 13.3. The summed E-state index contributed by atoms with van der Waals surface area (Å²) in [5.74, 6) is 0.726. The standard InChI is InChI=1S/C18H19F3N6/c1-25(16-17-24-23-12-27(17)11-8-22-16)13-6-9-26(10-7-13)15-5-3-2-4-14(15)18(19,20)21/h2-5,8,11-13H,6-7,9-10H2,1H3. The summed E-state index contributed by atoms with van der Waals surface area (Å²) in [5.41, 5.74) is 0.348. The average Bonchev–Trinajstić information content (AvgIpc) is 3.16. The number of alkyl halides is 3. The molecule has 1 aliphatic heterocycles. The molecule has 0 N–H and O–H groups in total. The molecule has 2 aromatic heterocycles. The van der Waals surface area contributed by atoms with Crippen molar-refractivity contribution < 1.29 is 13.2 Å². The number of piperidine rings is 1. The van der Waals surface area contributed by atoms with Gasteiger partial charge in [-0.3, -0.25) is 4.40 Å².